The predicted molar refractivity (Wildman–Crippen MR) is 101 cm³/mol. The fourth-order valence-corrected chi connectivity index (χ4v) is 3.98. The molecule has 0 atom stereocenters. The van der Waals surface area contributed by atoms with E-state index in [-0.39, 0.29) is 0 Å². The Morgan fingerprint density at radius 3 is 2.42 bits per heavy atom. The van der Waals surface area contributed by atoms with Crippen molar-refractivity contribution in [1.82, 2.24) is 14.9 Å². The van der Waals surface area contributed by atoms with Gasteiger partial charge in [0.1, 0.15) is 0 Å². The summed E-state index contributed by atoms with van der Waals surface area (Å²) >= 11 is 1.86. The summed E-state index contributed by atoms with van der Waals surface area (Å²) in [6.45, 7) is 7.46. The number of rotatable bonds is 4. The zero-order valence-electron chi connectivity index (χ0n) is 14.0. The van der Waals surface area contributed by atoms with E-state index < -0.39 is 0 Å². The zero-order valence-corrected chi connectivity index (χ0v) is 14.8. The Morgan fingerprint density at radius 2 is 1.71 bits per heavy atom. The van der Waals surface area contributed by atoms with E-state index >= 15 is 0 Å². The third kappa shape index (κ3) is 3.28. The van der Waals surface area contributed by atoms with E-state index in [1.54, 1.807) is 0 Å². The van der Waals surface area contributed by atoms with Crippen molar-refractivity contribution in [3.63, 3.8) is 0 Å². The van der Waals surface area contributed by atoms with Gasteiger partial charge in [-0.05, 0) is 36.9 Å². The lowest BCUT2D eigenvalue weighted by atomic mass is 10.2. The normalized spacial score (nSPS) is 16.0. The Labute approximate surface area is 146 Å². The highest BCUT2D eigenvalue weighted by molar-refractivity contribution is 7.09. The minimum Gasteiger partial charge on any atom is -0.353 e. The van der Waals surface area contributed by atoms with E-state index in [1.165, 1.54) is 4.88 Å². The van der Waals surface area contributed by atoms with Crippen LogP contribution in [0.5, 0.6) is 0 Å². The molecule has 4 nitrogen and oxygen atoms in total. The molecule has 124 valence electrons. The van der Waals surface area contributed by atoms with E-state index in [4.69, 9.17) is 9.97 Å². The SMILES string of the molecule is Cc1nc2ccccc2nc1N1CCN(CCc2cccs2)CC1. The summed E-state index contributed by atoms with van der Waals surface area (Å²) in [5.41, 5.74) is 2.99. The number of benzene rings is 1. The summed E-state index contributed by atoms with van der Waals surface area (Å²) in [4.78, 5) is 16.0. The van der Waals surface area contributed by atoms with Gasteiger partial charge in [-0.15, -0.1) is 11.3 Å². The molecule has 0 amide bonds. The summed E-state index contributed by atoms with van der Waals surface area (Å²) < 4.78 is 0. The molecule has 4 rings (SSSR count). The van der Waals surface area contributed by atoms with Gasteiger partial charge in [0.15, 0.2) is 5.82 Å². The molecule has 0 aliphatic carbocycles. The van der Waals surface area contributed by atoms with Gasteiger partial charge in [0.05, 0.1) is 16.7 Å². The lowest BCUT2D eigenvalue weighted by Gasteiger charge is -2.35. The molecule has 1 aliphatic rings. The third-order valence-electron chi connectivity index (χ3n) is 4.65. The van der Waals surface area contributed by atoms with Gasteiger partial charge in [0, 0.05) is 37.6 Å². The quantitative estimate of drug-likeness (QED) is 0.730. The Bertz CT molecular complexity index is 807. The molecule has 1 saturated heterocycles. The number of aromatic nitrogens is 2. The van der Waals surface area contributed by atoms with Crippen LogP contribution in [0.1, 0.15) is 10.6 Å². The largest absolute Gasteiger partial charge is 0.353 e. The Hall–Kier alpha value is -1.98. The number of aryl methyl sites for hydroxylation is 1. The van der Waals surface area contributed by atoms with Gasteiger partial charge in [0.25, 0.3) is 0 Å². The van der Waals surface area contributed by atoms with Gasteiger partial charge >= 0.3 is 0 Å². The maximum absolute atomic E-state index is 4.86. The second-order valence-electron chi connectivity index (χ2n) is 6.28. The van der Waals surface area contributed by atoms with Crippen molar-refractivity contribution in [3.05, 3.63) is 52.3 Å². The molecule has 0 N–H and O–H groups in total. The number of fused-ring (bicyclic) bond motifs is 1. The van der Waals surface area contributed by atoms with Gasteiger partial charge < -0.3 is 4.90 Å². The van der Waals surface area contributed by atoms with E-state index in [0.29, 0.717) is 0 Å². The molecule has 3 aromatic rings. The van der Waals surface area contributed by atoms with Gasteiger partial charge in [-0.25, -0.2) is 9.97 Å². The first-order valence-corrected chi connectivity index (χ1v) is 9.40. The summed E-state index contributed by atoms with van der Waals surface area (Å²) in [5.74, 6) is 1.05. The molecule has 1 fully saturated rings. The van der Waals surface area contributed by atoms with Crippen molar-refractivity contribution >= 4 is 28.2 Å². The van der Waals surface area contributed by atoms with Crippen LogP contribution in [0, 0.1) is 6.92 Å². The summed E-state index contributed by atoms with van der Waals surface area (Å²) in [6, 6.07) is 12.5. The van der Waals surface area contributed by atoms with E-state index in [0.717, 1.165) is 61.7 Å². The van der Waals surface area contributed by atoms with Crippen LogP contribution in [0.3, 0.4) is 0 Å². The van der Waals surface area contributed by atoms with Crippen molar-refractivity contribution in [3.8, 4) is 0 Å². The number of para-hydroxylation sites is 2. The van der Waals surface area contributed by atoms with Crippen LogP contribution in [0.4, 0.5) is 5.82 Å². The minimum atomic E-state index is 0.980. The van der Waals surface area contributed by atoms with Gasteiger partial charge in [-0.3, -0.25) is 4.90 Å². The molecule has 3 heterocycles. The molecular formula is C19H22N4S. The number of nitrogens with zero attached hydrogens (tertiary/aromatic N) is 4. The van der Waals surface area contributed by atoms with Crippen LogP contribution in [0.15, 0.2) is 41.8 Å². The number of piperazine rings is 1. The van der Waals surface area contributed by atoms with Gasteiger partial charge in [-0.1, -0.05) is 18.2 Å². The first-order chi connectivity index (χ1) is 11.8. The molecule has 1 aromatic carbocycles. The highest BCUT2D eigenvalue weighted by Crippen LogP contribution is 2.21. The monoisotopic (exact) mass is 338 g/mol. The Balaban J connectivity index is 1.41. The second kappa shape index (κ2) is 6.87. The lowest BCUT2D eigenvalue weighted by molar-refractivity contribution is 0.261. The predicted octanol–water partition coefficient (Wildman–Crippen LogP) is 3.36. The average Bonchev–Trinajstić information content (AvgIpc) is 3.13. The molecule has 0 radical (unpaired) electrons. The van der Waals surface area contributed by atoms with Crippen molar-refractivity contribution in [1.29, 1.82) is 0 Å². The van der Waals surface area contributed by atoms with Crippen LogP contribution in [-0.2, 0) is 6.42 Å². The van der Waals surface area contributed by atoms with E-state index in [9.17, 15) is 0 Å². The van der Waals surface area contributed by atoms with Crippen LogP contribution in [-0.4, -0.2) is 47.6 Å². The smallest absolute Gasteiger partial charge is 0.150 e. The Morgan fingerprint density at radius 1 is 0.958 bits per heavy atom. The second-order valence-corrected chi connectivity index (χ2v) is 7.31. The third-order valence-corrected chi connectivity index (χ3v) is 5.58. The Kier molecular flexibility index (Phi) is 4.45. The van der Waals surface area contributed by atoms with Crippen LogP contribution in [0.25, 0.3) is 11.0 Å². The van der Waals surface area contributed by atoms with E-state index in [2.05, 4.69) is 34.2 Å². The first kappa shape index (κ1) is 15.5. The summed E-state index contributed by atoms with van der Waals surface area (Å²) in [5, 5.41) is 2.16. The van der Waals surface area contributed by atoms with Gasteiger partial charge in [0.2, 0.25) is 0 Å². The molecule has 0 spiro atoms. The van der Waals surface area contributed by atoms with Crippen molar-refractivity contribution in [2.75, 3.05) is 37.6 Å². The molecule has 0 bridgehead atoms. The van der Waals surface area contributed by atoms with Crippen molar-refractivity contribution in [2.45, 2.75) is 13.3 Å². The number of hydrogen-bond donors (Lipinski definition) is 0. The highest BCUT2D eigenvalue weighted by atomic mass is 32.1. The molecule has 24 heavy (non-hydrogen) atoms. The van der Waals surface area contributed by atoms with Crippen molar-refractivity contribution in [2.24, 2.45) is 0 Å². The first-order valence-electron chi connectivity index (χ1n) is 8.53. The summed E-state index contributed by atoms with van der Waals surface area (Å²) in [7, 11) is 0. The summed E-state index contributed by atoms with van der Waals surface area (Å²) in [6.07, 6.45) is 1.16. The standard InChI is InChI=1S/C19H22N4S/c1-15-19(21-18-7-3-2-6-17(18)20-15)23-12-10-22(11-13-23)9-8-16-5-4-14-24-16/h2-7,14H,8-13H2,1H3. The topological polar surface area (TPSA) is 32.3 Å². The van der Waals surface area contributed by atoms with Crippen LogP contribution in [0.2, 0.25) is 0 Å². The van der Waals surface area contributed by atoms with Crippen molar-refractivity contribution < 1.29 is 0 Å². The molecule has 0 unspecified atom stereocenters. The number of hydrogen-bond acceptors (Lipinski definition) is 5. The minimum absolute atomic E-state index is 0.980. The molecule has 0 saturated carbocycles. The maximum Gasteiger partial charge on any atom is 0.150 e. The molecule has 2 aromatic heterocycles. The maximum atomic E-state index is 4.86. The van der Waals surface area contributed by atoms with Crippen LogP contribution < -0.4 is 4.90 Å². The highest BCUT2D eigenvalue weighted by Gasteiger charge is 2.20. The molecule has 1 aliphatic heterocycles. The fourth-order valence-electron chi connectivity index (χ4n) is 3.28. The molecular weight excluding hydrogens is 316 g/mol. The van der Waals surface area contributed by atoms with E-state index in [1.807, 2.05) is 35.6 Å². The molecule has 5 heteroatoms. The van der Waals surface area contributed by atoms with Crippen LogP contribution >= 0.6 is 11.3 Å². The fraction of sp³-hybridized carbons (Fsp3) is 0.368. The lowest BCUT2D eigenvalue weighted by Crippen LogP contribution is -2.47. The zero-order chi connectivity index (χ0) is 16.4. The number of anilines is 1. The average molecular weight is 338 g/mol. The van der Waals surface area contributed by atoms with Gasteiger partial charge in [-0.2, -0.15) is 0 Å². The number of thiophene rings is 1.